The molecule has 21 heavy (non-hydrogen) atoms. The maximum absolute atomic E-state index is 13.5. The summed E-state index contributed by atoms with van der Waals surface area (Å²) in [4.78, 5) is 11.7. The third-order valence-electron chi connectivity index (χ3n) is 2.83. The minimum Gasteiger partial charge on any atom is -0.506 e. The number of aromatic hydroxyl groups is 1. The van der Waals surface area contributed by atoms with Crippen molar-refractivity contribution in [3.8, 4) is 5.75 Å². The number of rotatable bonds is 4. The standard InChI is InChI=1S/C15H14ClFN2O2/c16-11-8-13(12(17)9-14(11)20)19-15(21)18-7-6-10-4-2-1-3-5-10/h1-5,8-9,20H,6-7H2,(H2,18,19,21). The molecule has 0 fully saturated rings. The van der Waals surface area contributed by atoms with Gasteiger partial charge in [0, 0.05) is 12.6 Å². The van der Waals surface area contributed by atoms with Crippen LogP contribution in [0.1, 0.15) is 5.56 Å². The zero-order valence-electron chi connectivity index (χ0n) is 11.1. The molecule has 2 amide bonds. The zero-order chi connectivity index (χ0) is 15.2. The Morgan fingerprint density at radius 2 is 1.95 bits per heavy atom. The number of urea groups is 1. The second-order valence-electron chi connectivity index (χ2n) is 4.40. The molecule has 0 heterocycles. The molecule has 2 aromatic carbocycles. The van der Waals surface area contributed by atoms with E-state index in [4.69, 9.17) is 11.6 Å². The van der Waals surface area contributed by atoms with Crippen molar-refractivity contribution in [2.45, 2.75) is 6.42 Å². The van der Waals surface area contributed by atoms with Crippen molar-refractivity contribution < 1.29 is 14.3 Å². The van der Waals surface area contributed by atoms with E-state index < -0.39 is 11.8 Å². The molecule has 0 saturated carbocycles. The second-order valence-corrected chi connectivity index (χ2v) is 4.81. The fraction of sp³-hybridized carbons (Fsp3) is 0.133. The highest BCUT2D eigenvalue weighted by molar-refractivity contribution is 6.32. The first kappa shape index (κ1) is 15.1. The number of benzene rings is 2. The van der Waals surface area contributed by atoms with Gasteiger partial charge in [0.2, 0.25) is 0 Å². The highest BCUT2D eigenvalue weighted by atomic mass is 35.5. The fourth-order valence-electron chi connectivity index (χ4n) is 1.76. The van der Waals surface area contributed by atoms with Crippen LogP contribution in [0.3, 0.4) is 0 Å². The van der Waals surface area contributed by atoms with Gasteiger partial charge in [-0.15, -0.1) is 0 Å². The second kappa shape index (κ2) is 6.95. The number of phenols is 1. The summed E-state index contributed by atoms with van der Waals surface area (Å²) in [6.07, 6.45) is 0.674. The topological polar surface area (TPSA) is 61.4 Å². The summed E-state index contributed by atoms with van der Waals surface area (Å²) in [5.74, 6) is -1.13. The summed E-state index contributed by atoms with van der Waals surface area (Å²) in [6, 6.07) is 11.1. The van der Waals surface area contributed by atoms with Gasteiger partial charge in [0.25, 0.3) is 0 Å². The summed E-state index contributed by atoms with van der Waals surface area (Å²) in [5.41, 5.74) is 1.01. The van der Waals surface area contributed by atoms with E-state index in [1.807, 2.05) is 30.3 Å². The van der Waals surface area contributed by atoms with Crippen molar-refractivity contribution in [2.75, 3.05) is 11.9 Å². The van der Waals surface area contributed by atoms with Crippen LogP contribution in [0.2, 0.25) is 5.02 Å². The Morgan fingerprint density at radius 3 is 2.67 bits per heavy atom. The normalized spacial score (nSPS) is 10.2. The molecule has 0 unspecified atom stereocenters. The Hall–Kier alpha value is -2.27. The van der Waals surface area contributed by atoms with Crippen LogP contribution >= 0.6 is 11.6 Å². The maximum atomic E-state index is 13.5. The number of amides is 2. The van der Waals surface area contributed by atoms with Gasteiger partial charge in [-0.1, -0.05) is 41.9 Å². The number of halogens is 2. The van der Waals surface area contributed by atoms with Gasteiger partial charge >= 0.3 is 6.03 Å². The monoisotopic (exact) mass is 308 g/mol. The first-order chi connectivity index (χ1) is 10.1. The Balaban J connectivity index is 1.86. The van der Waals surface area contributed by atoms with E-state index >= 15 is 0 Å². The first-order valence-corrected chi connectivity index (χ1v) is 6.71. The molecule has 4 nitrogen and oxygen atoms in total. The zero-order valence-corrected chi connectivity index (χ0v) is 11.8. The molecular weight excluding hydrogens is 295 g/mol. The van der Waals surface area contributed by atoms with Crippen molar-refractivity contribution in [2.24, 2.45) is 0 Å². The van der Waals surface area contributed by atoms with Crippen LogP contribution in [-0.2, 0) is 6.42 Å². The third kappa shape index (κ3) is 4.36. The molecule has 0 aromatic heterocycles. The number of phenolic OH excluding ortho intramolecular Hbond substituents is 1. The smallest absolute Gasteiger partial charge is 0.319 e. The Morgan fingerprint density at radius 1 is 1.24 bits per heavy atom. The molecule has 110 valence electrons. The van der Waals surface area contributed by atoms with Crippen LogP contribution in [0.4, 0.5) is 14.9 Å². The molecule has 0 spiro atoms. The molecule has 2 rings (SSSR count). The van der Waals surface area contributed by atoms with E-state index in [9.17, 15) is 14.3 Å². The predicted molar refractivity (Wildman–Crippen MR) is 80.2 cm³/mol. The number of anilines is 1. The molecule has 0 radical (unpaired) electrons. The fourth-order valence-corrected chi connectivity index (χ4v) is 1.93. The first-order valence-electron chi connectivity index (χ1n) is 6.33. The molecule has 0 atom stereocenters. The number of hydrogen-bond donors (Lipinski definition) is 3. The lowest BCUT2D eigenvalue weighted by atomic mass is 10.1. The average molecular weight is 309 g/mol. The lowest BCUT2D eigenvalue weighted by Crippen LogP contribution is -2.30. The molecule has 6 heteroatoms. The lowest BCUT2D eigenvalue weighted by Gasteiger charge is -2.09. The molecule has 0 bridgehead atoms. The van der Waals surface area contributed by atoms with E-state index in [-0.39, 0.29) is 16.5 Å². The Kier molecular flexibility index (Phi) is 5.00. The van der Waals surface area contributed by atoms with Gasteiger partial charge in [0.15, 0.2) is 5.82 Å². The molecule has 0 saturated heterocycles. The molecule has 2 aromatic rings. The van der Waals surface area contributed by atoms with Crippen LogP contribution in [0.25, 0.3) is 0 Å². The van der Waals surface area contributed by atoms with Crippen molar-refractivity contribution in [1.82, 2.24) is 5.32 Å². The Labute approximate surface area is 126 Å². The summed E-state index contributed by atoms with van der Waals surface area (Å²) < 4.78 is 13.5. The van der Waals surface area contributed by atoms with Gasteiger partial charge in [0.1, 0.15) is 5.75 Å². The Bertz CT molecular complexity index is 635. The molecule has 3 N–H and O–H groups in total. The van der Waals surface area contributed by atoms with Crippen LogP contribution in [0.5, 0.6) is 5.75 Å². The SMILES string of the molecule is O=C(NCCc1ccccc1)Nc1cc(Cl)c(O)cc1F. The van der Waals surface area contributed by atoms with Gasteiger partial charge in [-0.25, -0.2) is 9.18 Å². The molecular formula is C15H14ClFN2O2. The van der Waals surface area contributed by atoms with E-state index in [1.54, 1.807) is 0 Å². The van der Waals surface area contributed by atoms with Crippen molar-refractivity contribution in [3.05, 3.63) is 58.9 Å². The molecule has 0 aliphatic rings. The van der Waals surface area contributed by atoms with Crippen molar-refractivity contribution >= 4 is 23.3 Å². The number of carbonyl (C=O) groups is 1. The van der Waals surface area contributed by atoms with Crippen molar-refractivity contribution in [1.29, 1.82) is 0 Å². The number of nitrogens with one attached hydrogen (secondary N) is 2. The van der Waals surface area contributed by atoms with Gasteiger partial charge < -0.3 is 15.7 Å². The molecule has 0 aliphatic carbocycles. The van der Waals surface area contributed by atoms with E-state index in [2.05, 4.69) is 10.6 Å². The third-order valence-corrected chi connectivity index (χ3v) is 3.13. The minimum atomic E-state index is -0.755. The number of carbonyl (C=O) groups excluding carboxylic acids is 1. The minimum absolute atomic E-state index is 0.0315. The van der Waals surface area contributed by atoms with E-state index in [1.165, 1.54) is 0 Å². The van der Waals surface area contributed by atoms with Gasteiger partial charge in [-0.05, 0) is 18.1 Å². The highest BCUT2D eigenvalue weighted by Gasteiger charge is 2.10. The number of hydrogen-bond acceptors (Lipinski definition) is 2. The van der Waals surface area contributed by atoms with Gasteiger partial charge in [-0.2, -0.15) is 0 Å². The highest BCUT2D eigenvalue weighted by Crippen LogP contribution is 2.28. The molecule has 0 aliphatic heterocycles. The maximum Gasteiger partial charge on any atom is 0.319 e. The quantitative estimate of drug-likeness (QED) is 0.756. The predicted octanol–water partition coefficient (Wildman–Crippen LogP) is 3.55. The van der Waals surface area contributed by atoms with E-state index in [0.29, 0.717) is 13.0 Å². The largest absolute Gasteiger partial charge is 0.506 e. The summed E-state index contributed by atoms with van der Waals surface area (Å²) >= 11 is 5.67. The van der Waals surface area contributed by atoms with Crippen LogP contribution in [0, 0.1) is 5.82 Å². The lowest BCUT2D eigenvalue weighted by molar-refractivity contribution is 0.252. The average Bonchev–Trinajstić information content (AvgIpc) is 2.46. The summed E-state index contributed by atoms with van der Waals surface area (Å²) in [5, 5.41) is 14.2. The summed E-state index contributed by atoms with van der Waals surface area (Å²) in [7, 11) is 0. The summed E-state index contributed by atoms with van der Waals surface area (Å²) in [6.45, 7) is 0.420. The van der Waals surface area contributed by atoms with Gasteiger partial charge in [-0.3, -0.25) is 0 Å². The van der Waals surface area contributed by atoms with Crippen molar-refractivity contribution in [3.63, 3.8) is 0 Å². The van der Waals surface area contributed by atoms with Crippen LogP contribution < -0.4 is 10.6 Å². The van der Waals surface area contributed by atoms with Gasteiger partial charge in [0.05, 0.1) is 10.7 Å². The van der Waals surface area contributed by atoms with Crippen LogP contribution in [0.15, 0.2) is 42.5 Å². The van der Waals surface area contributed by atoms with E-state index in [0.717, 1.165) is 17.7 Å². The van der Waals surface area contributed by atoms with Crippen LogP contribution in [-0.4, -0.2) is 17.7 Å².